The Morgan fingerprint density at radius 1 is 1.05 bits per heavy atom. The molecule has 2 aromatic carbocycles. The van der Waals surface area contributed by atoms with Gasteiger partial charge in [-0.1, -0.05) is 18.2 Å². The van der Waals surface area contributed by atoms with Crippen LogP contribution in [0.25, 0.3) is 0 Å². The van der Waals surface area contributed by atoms with Gasteiger partial charge in [-0.2, -0.15) is 13.7 Å². The Kier molecular flexibility index (Phi) is 3.91. The van der Waals surface area contributed by atoms with Crippen LogP contribution in [-0.2, 0) is 10.1 Å². The number of benzene rings is 2. The SMILES string of the molecule is COc1ccccc1OS(=O)(=O)c1cccc(C#N)c1. The lowest BCUT2D eigenvalue weighted by Crippen LogP contribution is -2.10. The molecule has 0 aromatic heterocycles. The summed E-state index contributed by atoms with van der Waals surface area (Å²) in [4.78, 5) is -0.0811. The van der Waals surface area contributed by atoms with E-state index >= 15 is 0 Å². The van der Waals surface area contributed by atoms with Crippen molar-refractivity contribution in [3.05, 3.63) is 54.1 Å². The molecule has 102 valence electrons. The number of hydrogen-bond donors (Lipinski definition) is 0. The summed E-state index contributed by atoms with van der Waals surface area (Å²) >= 11 is 0. The standard InChI is InChI=1S/C14H11NO4S/c1-18-13-7-2-3-8-14(13)19-20(16,17)12-6-4-5-11(9-12)10-15/h2-9H,1H3. The van der Waals surface area contributed by atoms with Crippen LogP contribution in [0, 0.1) is 11.3 Å². The molecule has 0 saturated carbocycles. The van der Waals surface area contributed by atoms with Gasteiger partial charge in [0.2, 0.25) is 0 Å². The molecule has 0 amide bonds. The predicted octanol–water partition coefficient (Wildman–Crippen LogP) is 2.33. The van der Waals surface area contributed by atoms with Crippen LogP contribution < -0.4 is 8.92 Å². The highest BCUT2D eigenvalue weighted by Gasteiger charge is 2.19. The third-order valence-corrected chi connectivity index (χ3v) is 3.75. The Balaban J connectivity index is 2.38. The number of hydrogen-bond acceptors (Lipinski definition) is 5. The molecule has 0 aliphatic heterocycles. The van der Waals surface area contributed by atoms with Crippen molar-refractivity contribution in [2.75, 3.05) is 7.11 Å². The van der Waals surface area contributed by atoms with E-state index in [2.05, 4.69) is 0 Å². The monoisotopic (exact) mass is 289 g/mol. The maximum atomic E-state index is 12.2. The van der Waals surface area contributed by atoms with Crippen molar-refractivity contribution < 1.29 is 17.3 Å². The van der Waals surface area contributed by atoms with Crippen molar-refractivity contribution in [2.24, 2.45) is 0 Å². The highest BCUT2D eigenvalue weighted by atomic mass is 32.2. The van der Waals surface area contributed by atoms with Crippen molar-refractivity contribution in [1.29, 1.82) is 5.26 Å². The summed E-state index contributed by atoms with van der Waals surface area (Å²) in [6, 6.07) is 13.9. The zero-order valence-electron chi connectivity index (χ0n) is 10.6. The van der Waals surface area contributed by atoms with Crippen LogP contribution in [0.2, 0.25) is 0 Å². The van der Waals surface area contributed by atoms with E-state index in [4.69, 9.17) is 14.2 Å². The topological polar surface area (TPSA) is 76.4 Å². The van der Waals surface area contributed by atoms with Gasteiger partial charge in [0.05, 0.1) is 18.7 Å². The number of nitriles is 1. The average Bonchev–Trinajstić information content (AvgIpc) is 2.47. The lowest BCUT2D eigenvalue weighted by atomic mass is 10.2. The summed E-state index contributed by atoms with van der Waals surface area (Å²) < 4.78 is 34.4. The fraction of sp³-hybridized carbons (Fsp3) is 0.0714. The molecule has 0 radical (unpaired) electrons. The van der Waals surface area contributed by atoms with Crippen LogP contribution in [0.1, 0.15) is 5.56 Å². The van der Waals surface area contributed by atoms with Gasteiger partial charge in [-0.15, -0.1) is 0 Å². The van der Waals surface area contributed by atoms with Gasteiger partial charge in [0.25, 0.3) is 0 Å². The van der Waals surface area contributed by atoms with Crippen LogP contribution >= 0.6 is 0 Å². The van der Waals surface area contributed by atoms with Gasteiger partial charge in [0.15, 0.2) is 11.5 Å². The first kappa shape index (κ1) is 13.9. The minimum atomic E-state index is -4.01. The van der Waals surface area contributed by atoms with Gasteiger partial charge < -0.3 is 8.92 Å². The smallest absolute Gasteiger partial charge is 0.339 e. The molecule has 2 rings (SSSR count). The van der Waals surface area contributed by atoms with E-state index in [1.54, 1.807) is 18.2 Å². The molecule has 2 aromatic rings. The molecule has 20 heavy (non-hydrogen) atoms. The van der Waals surface area contributed by atoms with Crippen LogP contribution in [0.15, 0.2) is 53.4 Å². The predicted molar refractivity (Wildman–Crippen MR) is 72.0 cm³/mol. The summed E-state index contributed by atoms with van der Waals surface area (Å²) in [5.41, 5.74) is 0.245. The molecule has 0 heterocycles. The Bertz CT molecular complexity index is 763. The first-order valence-electron chi connectivity index (χ1n) is 5.64. The fourth-order valence-corrected chi connectivity index (χ4v) is 2.56. The number of para-hydroxylation sites is 2. The Hall–Kier alpha value is -2.52. The zero-order valence-corrected chi connectivity index (χ0v) is 11.4. The summed E-state index contributed by atoms with van der Waals surface area (Å²) in [7, 11) is -2.59. The second kappa shape index (κ2) is 5.63. The lowest BCUT2D eigenvalue weighted by Gasteiger charge is -2.10. The van der Waals surface area contributed by atoms with Crippen molar-refractivity contribution in [1.82, 2.24) is 0 Å². The lowest BCUT2D eigenvalue weighted by molar-refractivity contribution is 0.390. The second-order valence-electron chi connectivity index (χ2n) is 3.83. The van der Waals surface area contributed by atoms with Crippen LogP contribution in [-0.4, -0.2) is 15.5 Å². The van der Waals surface area contributed by atoms with Crippen LogP contribution in [0.3, 0.4) is 0 Å². The molecule has 5 nitrogen and oxygen atoms in total. The van der Waals surface area contributed by atoms with Gasteiger partial charge >= 0.3 is 10.1 Å². The molecular formula is C14H11NO4S. The summed E-state index contributed by atoms with van der Waals surface area (Å²) in [6.07, 6.45) is 0. The first-order chi connectivity index (χ1) is 9.56. The highest BCUT2D eigenvalue weighted by molar-refractivity contribution is 7.87. The molecule has 0 spiro atoms. The maximum absolute atomic E-state index is 12.2. The van der Waals surface area contributed by atoms with Crippen LogP contribution in [0.4, 0.5) is 0 Å². The molecule has 6 heteroatoms. The van der Waals surface area contributed by atoms with E-state index in [0.717, 1.165) is 0 Å². The minimum Gasteiger partial charge on any atom is -0.493 e. The van der Waals surface area contributed by atoms with E-state index < -0.39 is 10.1 Å². The van der Waals surface area contributed by atoms with Gasteiger partial charge in [0, 0.05) is 0 Å². The highest BCUT2D eigenvalue weighted by Crippen LogP contribution is 2.29. The average molecular weight is 289 g/mol. The Morgan fingerprint density at radius 2 is 1.75 bits per heavy atom. The second-order valence-corrected chi connectivity index (χ2v) is 5.37. The summed E-state index contributed by atoms with van der Waals surface area (Å²) in [5.74, 6) is 0.407. The van der Waals surface area contributed by atoms with Crippen molar-refractivity contribution in [2.45, 2.75) is 4.90 Å². The largest absolute Gasteiger partial charge is 0.493 e. The number of methoxy groups -OCH3 is 1. The van der Waals surface area contributed by atoms with Crippen LogP contribution in [0.5, 0.6) is 11.5 Å². The molecule has 0 atom stereocenters. The minimum absolute atomic E-state index is 0.0811. The van der Waals surface area contributed by atoms with E-state index in [1.165, 1.54) is 37.4 Å². The van der Waals surface area contributed by atoms with E-state index in [0.29, 0.717) is 5.75 Å². The molecule has 0 bridgehead atoms. The molecule has 0 fully saturated rings. The summed E-state index contributed by atoms with van der Waals surface area (Å²) in [5, 5.41) is 8.79. The van der Waals surface area contributed by atoms with E-state index in [-0.39, 0.29) is 16.2 Å². The molecule has 0 aliphatic carbocycles. The third-order valence-electron chi connectivity index (χ3n) is 2.52. The van der Waals surface area contributed by atoms with Gasteiger partial charge in [0.1, 0.15) is 4.90 Å². The molecule has 0 N–H and O–H groups in total. The molecule has 0 aliphatic rings. The number of nitrogens with zero attached hydrogens (tertiary/aromatic N) is 1. The van der Waals surface area contributed by atoms with Crippen molar-refractivity contribution in [3.8, 4) is 17.6 Å². The van der Waals surface area contributed by atoms with Crippen molar-refractivity contribution >= 4 is 10.1 Å². The first-order valence-corrected chi connectivity index (χ1v) is 7.05. The van der Waals surface area contributed by atoms with E-state index in [1.807, 2.05) is 6.07 Å². The normalized spacial score (nSPS) is 10.6. The van der Waals surface area contributed by atoms with Crippen molar-refractivity contribution in [3.63, 3.8) is 0 Å². The quantitative estimate of drug-likeness (QED) is 0.807. The number of ether oxygens (including phenoxy) is 1. The number of rotatable bonds is 4. The zero-order chi connectivity index (χ0) is 14.6. The molecular weight excluding hydrogens is 278 g/mol. The fourth-order valence-electron chi connectivity index (χ4n) is 1.58. The van der Waals surface area contributed by atoms with Gasteiger partial charge in [-0.3, -0.25) is 0 Å². The summed E-state index contributed by atoms with van der Waals surface area (Å²) in [6.45, 7) is 0. The molecule has 0 unspecified atom stereocenters. The maximum Gasteiger partial charge on any atom is 0.339 e. The van der Waals surface area contributed by atoms with E-state index in [9.17, 15) is 8.42 Å². The Morgan fingerprint density at radius 3 is 2.40 bits per heavy atom. The third kappa shape index (κ3) is 2.90. The van der Waals surface area contributed by atoms with Gasteiger partial charge in [-0.05, 0) is 30.3 Å². The molecule has 0 saturated heterocycles. The Labute approximate surface area is 117 Å². The van der Waals surface area contributed by atoms with Gasteiger partial charge in [-0.25, -0.2) is 0 Å².